The Labute approximate surface area is 176 Å². The summed E-state index contributed by atoms with van der Waals surface area (Å²) in [6.45, 7) is 0. The maximum absolute atomic E-state index is 6.29. The second-order valence-corrected chi connectivity index (χ2v) is 7.44. The molecule has 142 valence electrons. The molecule has 5 heteroatoms. The van der Waals surface area contributed by atoms with Crippen LogP contribution in [0, 0.1) is 0 Å². The monoisotopic (exact) mass is 407 g/mol. The van der Waals surface area contributed by atoms with E-state index in [-0.39, 0.29) is 0 Å². The lowest BCUT2D eigenvalue weighted by Crippen LogP contribution is -1.95. The van der Waals surface area contributed by atoms with E-state index < -0.39 is 0 Å². The van der Waals surface area contributed by atoms with Gasteiger partial charge in [-0.3, -0.25) is 0 Å². The second kappa shape index (κ2) is 6.65. The minimum atomic E-state index is 0.382. The van der Waals surface area contributed by atoms with E-state index in [0.717, 1.165) is 49.7 Å². The average molecular weight is 408 g/mol. The number of pyridine rings is 1. The van der Waals surface area contributed by atoms with Gasteiger partial charge in [-0.2, -0.15) is 0 Å². The topological polar surface area (TPSA) is 51.8 Å². The highest BCUT2D eigenvalue weighted by atomic mass is 35.5. The van der Waals surface area contributed by atoms with Gasteiger partial charge in [-0.1, -0.05) is 84.4 Å². The predicted molar refractivity (Wildman–Crippen MR) is 120 cm³/mol. The molecule has 0 aliphatic rings. The van der Waals surface area contributed by atoms with Crippen LogP contribution in [0.4, 0.5) is 0 Å². The molecule has 3 aromatic carbocycles. The Morgan fingerprint density at radius 1 is 0.633 bits per heavy atom. The SMILES string of the molecule is Clc1nnc(-c2cc3c(oc4ccccc43)c(-c3ccccc3)n2)c2ccccc12. The molecule has 0 spiro atoms. The first kappa shape index (κ1) is 17.1. The molecule has 0 aliphatic heterocycles. The van der Waals surface area contributed by atoms with Gasteiger partial charge in [-0.25, -0.2) is 4.98 Å². The summed E-state index contributed by atoms with van der Waals surface area (Å²) in [6.07, 6.45) is 0. The van der Waals surface area contributed by atoms with Crippen molar-refractivity contribution in [3.63, 3.8) is 0 Å². The Bertz CT molecular complexity index is 1560. The van der Waals surface area contributed by atoms with E-state index in [1.54, 1.807) is 0 Å². The molecule has 0 amide bonds. The van der Waals surface area contributed by atoms with Crippen LogP contribution in [0.5, 0.6) is 0 Å². The molecule has 0 unspecified atom stereocenters. The third-order valence-corrected chi connectivity index (χ3v) is 5.57. The normalized spacial score (nSPS) is 11.5. The van der Waals surface area contributed by atoms with E-state index in [2.05, 4.69) is 16.3 Å². The number of hydrogen-bond acceptors (Lipinski definition) is 4. The van der Waals surface area contributed by atoms with Crippen LogP contribution in [-0.4, -0.2) is 15.2 Å². The Hall–Kier alpha value is -3.76. The third-order valence-electron chi connectivity index (χ3n) is 5.29. The Morgan fingerprint density at radius 2 is 1.33 bits per heavy atom. The van der Waals surface area contributed by atoms with Crippen molar-refractivity contribution in [2.75, 3.05) is 0 Å². The van der Waals surface area contributed by atoms with Crippen LogP contribution in [0.3, 0.4) is 0 Å². The first-order valence-corrected chi connectivity index (χ1v) is 9.96. The molecule has 0 bridgehead atoms. The first-order chi connectivity index (χ1) is 14.8. The van der Waals surface area contributed by atoms with Crippen LogP contribution in [0.25, 0.3) is 55.4 Å². The number of furan rings is 1. The number of hydrogen-bond donors (Lipinski definition) is 0. The first-order valence-electron chi connectivity index (χ1n) is 9.58. The van der Waals surface area contributed by atoms with Gasteiger partial charge in [0.05, 0.1) is 5.69 Å². The van der Waals surface area contributed by atoms with Crippen LogP contribution >= 0.6 is 11.6 Å². The fourth-order valence-electron chi connectivity index (χ4n) is 3.90. The fourth-order valence-corrected chi connectivity index (χ4v) is 4.10. The summed E-state index contributed by atoms with van der Waals surface area (Å²) in [7, 11) is 0. The van der Waals surface area contributed by atoms with Gasteiger partial charge < -0.3 is 4.42 Å². The maximum atomic E-state index is 6.29. The van der Waals surface area contributed by atoms with Crippen LogP contribution in [0.2, 0.25) is 5.15 Å². The summed E-state index contributed by atoms with van der Waals surface area (Å²) < 4.78 is 6.22. The molecule has 0 fully saturated rings. The largest absolute Gasteiger partial charge is 0.454 e. The van der Waals surface area contributed by atoms with Crippen molar-refractivity contribution in [2.24, 2.45) is 0 Å². The number of aromatic nitrogens is 3. The van der Waals surface area contributed by atoms with Gasteiger partial charge in [0.15, 0.2) is 10.7 Å². The third kappa shape index (κ3) is 2.58. The van der Waals surface area contributed by atoms with E-state index in [4.69, 9.17) is 21.0 Å². The highest BCUT2D eigenvalue weighted by Gasteiger charge is 2.18. The molecule has 6 aromatic rings. The molecule has 0 saturated carbocycles. The smallest absolute Gasteiger partial charge is 0.161 e. The molecular weight excluding hydrogens is 394 g/mol. The Kier molecular flexibility index (Phi) is 3.79. The van der Waals surface area contributed by atoms with Gasteiger partial charge in [-0.15, -0.1) is 10.2 Å². The van der Waals surface area contributed by atoms with Crippen molar-refractivity contribution >= 4 is 44.3 Å². The maximum Gasteiger partial charge on any atom is 0.161 e. The van der Waals surface area contributed by atoms with Crippen molar-refractivity contribution in [1.29, 1.82) is 0 Å². The zero-order valence-corrected chi connectivity index (χ0v) is 16.5. The molecule has 0 atom stereocenters. The number of para-hydroxylation sites is 1. The zero-order valence-electron chi connectivity index (χ0n) is 15.7. The standard InChI is InChI=1S/C25H14ClN3O/c26-25-18-12-5-4-11-17(18)23(28-29-25)20-14-19-16-10-6-7-13-21(16)30-24(19)22(27-20)15-8-2-1-3-9-15/h1-14H. The summed E-state index contributed by atoms with van der Waals surface area (Å²) in [5, 5.41) is 12.8. The van der Waals surface area contributed by atoms with Gasteiger partial charge >= 0.3 is 0 Å². The highest BCUT2D eigenvalue weighted by Crippen LogP contribution is 2.38. The summed E-state index contributed by atoms with van der Waals surface area (Å²) in [6, 6.07) is 27.9. The molecule has 0 aliphatic carbocycles. The molecule has 3 heterocycles. The predicted octanol–water partition coefficient (Wildman–Crippen LogP) is 6.91. The van der Waals surface area contributed by atoms with Crippen LogP contribution in [0.1, 0.15) is 0 Å². The summed E-state index contributed by atoms with van der Waals surface area (Å²) >= 11 is 6.29. The van der Waals surface area contributed by atoms with Crippen LogP contribution in [-0.2, 0) is 0 Å². The molecular formula is C25H14ClN3O. The fraction of sp³-hybridized carbons (Fsp3) is 0. The van der Waals surface area contributed by atoms with E-state index in [0.29, 0.717) is 10.8 Å². The highest BCUT2D eigenvalue weighted by molar-refractivity contribution is 6.34. The van der Waals surface area contributed by atoms with Gasteiger partial charge in [0.2, 0.25) is 0 Å². The molecule has 4 nitrogen and oxygen atoms in total. The number of halogens is 1. The lowest BCUT2D eigenvalue weighted by Gasteiger charge is -2.09. The Morgan fingerprint density at radius 3 is 2.17 bits per heavy atom. The van der Waals surface area contributed by atoms with Gasteiger partial charge in [-0.05, 0) is 12.1 Å². The van der Waals surface area contributed by atoms with Crippen molar-refractivity contribution in [2.45, 2.75) is 0 Å². The van der Waals surface area contributed by atoms with E-state index in [9.17, 15) is 0 Å². The minimum Gasteiger partial charge on any atom is -0.454 e. The van der Waals surface area contributed by atoms with Gasteiger partial charge in [0, 0.05) is 27.1 Å². The number of nitrogens with zero attached hydrogens (tertiary/aromatic N) is 3. The van der Waals surface area contributed by atoms with Gasteiger partial charge in [0.1, 0.15) is 17.0 Å². The van der Waals surface area contributed by atoms with Crippen molar-refractivity contribution in [3.05, 3.63) is 90.1 Å². The molecule has 30 heavy (non-hydrogen) atoms. The van der Waals surface area contributed by atoms with Crippen molar-refractivity contribution in [1.82, 2.24) is 15.2 Å². The van der Waals surface area contributed by atoms with Gasteiger partial charge in [0.25, 0.3) is 0 Å². The quantitative estimate of drug-likeness (QED) is 0.313. The number of rotatable bonds is 2. The number of benzene rings is 3. The van der Waals surface area contributed by atoms with Crippen LogP contribution in [0.15, 0.2) is 89.3 Å². The lowest BCUT2D eigenvalue weighted by atomic mass is 10.0. The van der Waals surface area contributed by atoms with E-state index in [1.807, 2.05) is 78.9 Å². The molecule has 6 rings (SSSR count). The van der Waals surface area contributed by atoms with Crippen molar-refractivity contribution in [3.8, 4) is 22.6 Å². The Balaban J connectivity index is 1.74. The molecule has 0 radical (unpaired) electrons. The minimum absolute atomic E-state index is 0.382. The van der Waals surface area contributed by atoms with Crippen LogP contribution < -0.4 is 0 Å². The van der Waals surface area contributed by atoms with Crippen molar-refractivity contribution < 1.29 is 4.42 Å². The second-order valence-electron chi connectivity index (χ2n) is 7.08. The number of fused-ring (bicyclic) bond motifs is 4. The zero-order chi connectivity index (χ0) is 20.1. The summed E-state index contributed by atoms with van der Waals surface area (Å²) in [5.74, 6) is 0. The molecule has 3 aromatic heterocycles. The molecule has 0 N–H and O–H groups in total. The van der Waals surface area contributed by atoms with E-state index in [1.165, 1.54) is 0 Å². The lowest BCUT2D eigenvalue weighted by molar-refractivity contribution is 0.668. The summed E-state index contributed by atoms with van der Waals surface area (Å²) in [5.41, 5.74) is 4.77. The average Bonchev–Trinajstić information content (AvgIpc) is 3.18. The summed E-state index contributed by atoms with van der Waals surface area (Å²) in [4.78, 5) is 4.98. The molecule has 0 saturated heterocycles. The van der Waals surface area contributed by atoms with E-state index >= 15 is 0 Å².